The fourth-order valence-electron chi connectivity index (χ4n) is 1.59. The van der Waals surface area contributed by atoms with E-state index in [1.54, 1.807) is 11.3 Å². The number of hydrogen-bond acceptors (Lipinski definition) is 3. The quantitative estimate of drug-likeness (QED) is 0.788. The molecule has 1 unspecified atom stereocenters. The molecule has 0 aliphatic carbocycles. The number of fused-ring (bicyclic) bond motifs is 1. The topological polar surface area (TPSA) is 12.5 Å². The molecule has 0 spiro atoms. The van der Waals surface area contributed by atoms with Gasteiger partial charge in [-0.25, -0.2) is 0 Å². The van der Waals surface area contributed by atoms with Crippen LogP contribution in [0.2, 0.25) is 5.02 Å². The van der Waals surface area contributed by atoms with Gasteiger partial charge in [0.05, 0.1) is 20.3 Å². The Balaban J connectivity index is 2.45. The Bertz CT molecular complexity index is 353. The average Bonchev–Trinajstić information content (AvgIpc) is 2.43. The molecule has 1 atom stereocenters. The number of thiophene rings is 1. The zero-order chi connectivity index (χ0) is 10.3. The molecule has 1 aromatic heterocycles. The van der Waals surface area contributed by atoms with E-state index >= 15 is 0 Å². The smallest absolute Gasteiger partial charge is 0.145 e. The largest absolute Gasteiger partial charge is 0.358 e. The van der Waals surface area contributed by atoms with Crippen LogP contribution < -0.4 is 0 Å². The molecule has 0 saturated carbocycles. The van der Waals surface area contributed by atoms with Gasteiger partial charge in [0, 0.05) is 0 Å². The van der Waals surface area contributed by atoms with E-state index in [0.29, 0.717) is 0 Å². The van der Waals surface area contributed by atoms with Crippen molar-refractivity contribution in [2.75, 3.05) is 20.7 Å². The fourth-order valence-corrected chi connectivity index (χ4v) is 3.84. The van der Waals surface area contributed by atoms with Gasteiger partial charge in [0.1, 0.15) is 6.23 Å². The van der Waals surface area contributed by atoms with Gasteiger partial charge < -0.3 is 4.74 Å². The van der Waals surface area contributed by atoms with E-state index in [1.807, 2.05) is 14.1 Å². The number of hydrogen-bond donors (Lipinski definition) is 0. The summed E-state index contributed by atoms with van der Waals surface area (Å²) < 4.78 is 6.71. The van der Waals surface area contributed by atoms with Crippen LogP contribution in [0.4, 0.5) is 0 Å². The molecule has 2 heterocycles. The molecule has 2 nitrogen and oxygen atoms in total. The second kappa shape index (κ2) is 4.10. The van der Waals surface area contributed by atoms with Crippen molar-refractivity contribution < 1.29 is 4.74 Å². The van der Waals surface area contributed by atoms with Crippen LogP contribution in [-0.4, -0.2) is 25.6 Å². The fraction of sp³-hybridized carbons (Fsp3) is 0.556. The van der Waals surface area contributed by atoms with Gasteiger partial charge in [0.25, 0.3) is 0 Å². The van der Waals surface area contributed by atoms with Crippen LogP contribution in [0.1, 0.15) is 16.7 Å². The predicted octanol–water partition coefficient (Wildman–Crippen LogP) is 3.30. The van der Waals surface area contributed by atoms with Crippen molar-refractivity contribution in [3.05, 3.63) is 19.2 Å². The Labute approximate surface area is 101 Å². The zero-order valence-electron chi connectivity index (χ0n) is 8.01. The van der Waals surface area contributed by atoms with E-state index in [4.69, 9.17) is 16.3 Å². The van der Waals surface area contributed by atoms with Gasteiger partial charge in [-0.15, -0.1) is 11.3 Å². The molecular formula is C9H11BrClNOS. The number of rotatable bonds is 1. The van der Waals surface area contributed by atoms with Crippen molar-refractivity contribution in [2.45, 2.75) is 12.6 Å². The third-order valence-electron chi connectivity index (χ3n) is 2.26. The first kappa shape index (κ1) is 10.9. The van der Waals surface area contributed by atoms with Gasteiger partial charge in [-0.3, -0.25) is 4.90 Å². The zero-order valence-corrected chi connectivity index (χ0v) is 11.2. The van der Waals surface area contributed by atoms with E-state index in [9.17, 15) is 0 Å². The van der Waals surface area contributed by atoms with E-state index in [0.717, 1.165) is 21.8 Å². The van der Waals surface area contributed by atoms with Gasteiger partial charge in [-0.1, -0.05) is 11.6 Å². The molecule has 1 aliphatic heterocycles. The van der Waals surface area contributed by atoms with Gasteiger partial charge in [-0.05, 0) is 42.0 Å². The molecule has 0 radical (unpaired) electrons. The summed E-state index contributed by atoms with van der Waals surface area (Å²) in [6.07, 6.45) is 0.980. The van der Waals surface area contributed by atoms with Crippen molar-refractivity contribution in [3.63, 3.8) is 0 Å². The maximum absolute atomic E-state index is 6.19. The Morgan fingerprint density at radius 3 is 2.93 bits per heavy atom. The lowest BCUT2D eigenvalue weighted by molar-refractivity contribution is -0.0440. The normalized spacial score (nSPS) is 21.4. The van der Waals surface area contributed by atoms with Crippen LogP contribution in [0.25, 0.3) is 0 Å². The first-order valence-corrected chi connectivity index (χ1v) is 6.34. The van der Waals surface area contributed by atoms with Crippen LogP contribution in [0.15, 0.2) is 3.79 Å². The van der Waals surface area contributed by atoms with Crippen molar-refractivity contribution >= 4 is 38.9 Å². The molecule has 5 heteroatoms. The lowest BCUT2D eigenvalue weighted by Gasteiger charge is -2.28. The van der Waals surface area contributed by atoms with Crippen LogP contribution in [-0.2, 0) is 11.2 Å². The highest BCUT2D eigenvalue weighted by Crippen LogP contribution is 2.43. The average molecular weight is 297 g/mol. The molecule has 1 aromatic rings. The Morgan fingerprint density at radius 2 is 2.29 bits per heavy atom. The predicted molar refractivity (Wildman–Crippen MR) is 63.1 cm³/mol. The van der Waals surface area contributed by atoms with Crippen LogP contribution >= 0.6 is 38.9 Å². The summed E-state index contributed by atoms with van der Waals surface area (Å²) in [4.78, 5) is 3.30. The highest BCUT2D eigenvalue weighted by atomic mass is 79.9. The standard InChI is InChI=1S/C9H11BrClNOS/c1-12(2)9-7-5(3-4-13-9)6(11)8(10)14-7/h9H,3-4H2,1-2H3. The van der Waals surface area contributed by atoms with E-state index in [1.165, 1.54) is 10.4 Å². The number of nitrogens with zero attached hydrogens (tertiary/aromatic N) is 1. The molecule has 78 valence electrons. The summed E-state index contributed by atoms with van der Waals surface area (Å²) in [6.45, 7) is 0.749. The molecule has 14 heavy (non-hydrogen) atoms. The van der Waals surface area contributed by atoms with Crippen molar-refractivity contribution in [1.82, 2.24) is 4.90 Å². The van der Waals surface area contributed by atoms with Gasteiger partial charge in [0.2, 0.25) is 0 Å². The molecule has 0 fully saturated rings. The molecule has 0 saturated heterocycles. The van der Waals surface area contributed by atoms with Crippen molar-refractivity contribution in [2.24, 2.45) is 0 Å². The third-order valence-corrected chi connectivity index (χ3v) is 4.95. The summed E-state index contributed by atoms with van der Waals surface area (Å²) in [7, 11) is 4.03. The number of ether oxygens (including phenoxy) is 1. The van der Waals surface area contributed by atoms with Gasteiger partial charge >= 0.3 is 0 Å². The molecule has 2 rings (SSSR count). The number of halogens is 2. The lowest BCUT2D eigenvalue weighted by atomic mass is 10.1. The van der Waals surface area contributed by atoms with E-state index in [-0.39, 0.29) is 6.23 Å². The highest BCUT2D eigenvalue weighted by Gasteiger charge is 2.28. The van der Waals surface area contributed by atoms with Crippen molar-refractivity contribution in [3.8, 4) is 0 Å². The van der Waals surface area contributed by atoms with Crippen LogP contribution in [0.5, 0.6) is 0 Å². The van der Waals surface area contributed by atoms with Gasteiger partial charge in [-0.2, -0.15) is 0 Å². The monoisotopic (exact) mass is 295 g/mol. The SMILES string of the molecule is CN(C)C1OCCc2c1sc(Br)c2Cl. The summed E-state index contributed by atoms with van der Waals surface area (Å²) >= 11 is 11.3. The molecule has 0 N–H and O–H groups in total. The van der Waals surface area contributed by atoms with Crippen LogP contribution in [0.3, 0.4) is 0 Å². The van der Waals surface area contributed by atoms with E-state index < -0.39 is 0 Å². The first-order chi connectivity index (χ1) is 6.61. The summed E-state index contributed by atoms with van der Waals surface area (Å²) in [5.74, 6) is 0. The summed E-state index contributed by atoms with van der Waals surface area (Å²) in [6, 6.07) is 0. The maximum atomic E-state index is 6.19. The third kappa shape index (κ3) is 1.74. The minimum absolute atomic E-state index is 0.0625. The minimum atomic E-state index is 0.0625. The molecule has 0 aromatic carbocycles. The Hall–Kier alpha value is 0.390. The summed E-state index contributed by atoms with van der Waals surface area (Å²) in [5.41, 5.74) is 1.24. The highest BCUT2D eigenvalue weighted by molar-refractivity contribution is 9.11. The first-order valence-electron chi connectivity index (χ1n) is 4.36. The maximum Gasteiger partial charge on any atom is 0.145 e. The Kier molecular flexibility index (Phi) is 3.19. The summed E-state index contributed by atoms with van der Waals surface area (Å²) in [5, 5.41) is 0.861. The second-order valence-corrected chi connectivity index (χ2v) is 6.22. The molecule has 0 bridgehead atoms. The van der Waals surface area contributed by atoms with E-state index in [2.05, 4.69) is 20.8 Å². The van der Waals surface area contributed by atoms with Gasteiger partial charge in [0.15, 0.2) is 0 Å². The second-order valence-electron chi connectivity index (χ2n) is 3.47. The molecule has 0 amide bonds. The lowest BCUT2D eigenvalue weighted by Crippen LogP contribution is -2.26. The Morgan fingerprint density at radius 1 is 1.57 bits per heavy atom. The molecular weight excluding hydrogens is 286 g/mol. The van der Waals surface area contributed by atoms with Crippen molar-refractivity contribution in [1.29, 1.82) is 0 Å². The molecule has 1 aliphatic rings. The minimum Gasteiger partial charge on any atom is -0.358 e. The van der Waals surface area contributed by atoms with Crippen LogP contribution in [0, 0.1) is 0 Å².